The minimum atomic E-state index is -0.591. The molecule has 1 amide bonds. The number of rotatable bonds is 4. The van der Waals surface area contributed by atoms with Crippen molar-refractivity contribution in [3.63, 3.8) is 0 Å². The van der Waals surface area contributed by atoms with Crippen LogP contribution in [0.2, 0.25) is 0 Å². The number of carbonyl (C=O) groups is 1. The van der Waals surface area contributed by atoms with Crippen molar-refractivity contribution in [3.8, 4) is 0 Å². The molecule has 1 aromatic carbocycles. The van der Waals surface area contributed by atoms with Crippen LogP contribution < -0.4 is 10.6 Å². The smallest absolute Gasteiger partial charge is 0.412 e. The van der Waals surface area contributed by atoms with Crippen LogP contribution in [0.1, 0.15) is 26.3 Å². The molecule has 0 saturated carbocycles. The molecule has 2 aromatic rings. The molecule has 22 heavy (non-hydrogen) atoms. The molecule has 0 radical (unpaired) electrons. The van der Waals surface area contributed by atoms with Gasteiger partial charge in [0.25, 0.3) is 0 Å². The van der Waals surface area contributed by atoms with Crippen LogP contribution >= 0.6 is 0 Å². The van der Waals surface area contributed by atoms with Crippen LogP contribution in [-0.2, 0) is 11.3 Å². The van der Waals surface area contributed by atoms with Gasteiger partial charge in [-0.25, -0.2) is 9.18 Å². The number of hydrogen-bond donors (Lipinski definition) is 2. The van der Waals surface area contributed by atoms with Crippen molar-refractivity contribution in [2.24, 2.45) is 0 Å². The van der Waals surface area contributed by atoms with E-state index in [1.54, 1.807) is 39.4 Å². The van der Waals surface area contributed by atoms with Gasteiger partial charge in [-0.2, -0.15) is 0 Å². The fourth-order valence-corrected chi connectivity index (χ4v) is 1.75. The molecule has 0 aliphatic carbocycles. The van der Waals surface area contributed by atoms with Gasteiger partial charge in [-0.1, -0.05) is 0 Å². The molecule has 0 aliphatic heterocycles. The second kappa shape index (κ2) is 6.51. The van der Waals surface area contributed by atoms with Crippen LogP contribution in [0.15, 0.2) is 41.2 Å². The predicted molar refractivity (Wildman–Crippen MR) is 82.3 cm³/mol. The second-order valence-electron chi connectivity index (χ2n) is 5.81. The van der Waals surface area contributed by atoms with E-state index < -0.39 is 17.5 Å². The molecule has 0 unspecified atom stereocenters. The third-order valence-electron chi connectivity index (χ3n) is 2.67. The Bertz CT molecular complexity index is 633. The molecule has 0 aliphatic rings. The number of anilines is 2. The Balaban J connectivity index is 2.01. The van der Waals surface area contributed by atoms with Crippen molar-refractivity contribution in [1.82, 2.24) is 0 Å². The van der Waals surface area contributed by atoms with E-state index in [0.717, 1.165) is 5.56 Å². The lowest BCUT2D eigenvalue weighted by Crippen LogP contribution is -2.27. The Morgan fingerprint density at radius 3 is 2.73 bits per heavy atom. The minimum Gasteiger partial charge on any atom is -0.472 e. The molecule has 118 valence electrons. The van der Waals surface area contributed by atoms with E-state index in [0.29, 0.717) is 12.2 Å². The van der Waals surface area contributed by atoms with Crippen LogP contribution in [0.3, 0.4) is 0 Å². The average molecular weight is 306 g/mol. The van der Waals surface area contributed by atoms with Gasteiger partial charge >= 0.3 is 6.09 Å². The van der Waals surface area contributed by atoms with E-state index >= 15 is 0 Å². The number of nitrogens with one attached hydrogen (secondary N) is 2. The molecule has 0 bridgehead atoms. The van der Waals surface area contributed by atoms with Gasteiger partial charge in [0.1, 0.15) is 11.4 Å². The van der Waals surface area contributed by atoms with Gasteiger partial charge in [-0.05, 0) is 45.0 Å². The van der Waals surface area contributed by atoms with Crippen LogP contribution in [0.4, 0.5) is 20.6 Å². The van der Waals surface area contributed by atoms with E-state index in [1.165, 1.54) is 18.2 Å². The van der Waals surface area contributed by atoms with Crippen LogP contribution in [0, 0.1) is 5.82 Å². The largest absolute Gasteiger partial charge is 0.472 e. The van der Waals surface area contributed by atoms with Crippen molar-refractivity contribution in [3.05, 3.63) is 48.2 Å². The summed E-state index contributed by atoms with van der Waals surface area (Å²) in [5.41, 5.74) is 1.04. The monoisotopic (exact) mass is 306 g/mol. The summed E-state index contributed by atoms with van der Waals surface area (Å²) in [5.74, 6) is -0.404. The molecule has 0 saturated heterocycles. The third kappa shape index (κ3) is 4.80. The third-order valence-corrected chi connectivity index (χ3v) is 2.67. The van der Waals surface area contributed by atoms with Gasteiger partial charge in [0.2, 0.25) is 0 Å². The standard InChI is InChI=1S/C16H19FN2O3/c1-16(2,3)22-15(20)19-12-4-5-13(17)14(8-12)18-9-11-6-7-21-10-11/h4-8,10,18H,9H2,1-3H3,(H,19,20). The summed E-state index contributed by atoms with van der Waals surface area (Å²) in [4.78, 5) is 11.7. The highest BCUT2D eigenvalue weighted by atomic mass is 19.1. The summed E-state index contributed by atoms with van der Waals surface area (Å²) < 4.78 is 23.9. The van der Waals surface area contributed by atoms with Crippen molar-refractivity contribution in [2.45, 2.75) is 32.9 Å². The number of ether oxygens (including phenoxy) is 1. The van der Waals surface area contributed by atoms with E-state index in [9.17, 15) is 9.18 Å². The highest BCUT2D eigenvalue weighted by molar-refractivity contribution is 5.85. The summed E-state index contributed by atoms with van der Waals surface area (Å²) in [6.45, 7) is 5.74. The number of amides is 1. The predicted octanol–water partition coefficient (Wildman–Crippen LogP) is 4.38. The lowest BCUT2D eigenvalue weighted by atomic mass is 10.2. The highest BCUT2D eigenvalue weighted by Crippen LogP contribution is 2.21. The average Bonchev–Trinajstić information content (AvgIpc) is 2.90. The van der Waals surface area contributed by atoms with Crippen molar-refractivity contribution in [2.75, 3.05) is 10.6 Å². The Hall–Kier alpha value is -2.50. The van der Waals surface area contributed by atoms with Crippen molar-refractivity contribution in [1.29, 1.82) is 0 Å². The van der Waals surface area contributed by atoms with Gasteiger partial charge in [-0.3, -0.25) is 5.32 Å². The Kier molecular flexibility index (Phi) is 4.70. The lowest BCUT2D eigenvalue weighted by Gasteiger charge is -2.20. The number of carbonyl (C=O) groups excluding carboxylic acids is 1. The minimum absolute atomic E-state index is 0.287. The highest BCUT2D eigenvalue weighted by Gasteiger charge is 2.16. The second-order valence-corrected chi connectivity index (χ2v) is 5.81. The van der Waals surface area contributed by atoms with Gasteiger partial charge in [-0.15, -0.1) is 0 Å². The van der Waals surface area contributed by atoms with Gasteiger partial charge in [0, 0.05) is 17.8 Å². The fraction of sp³-hybridized carbons (Fsp3) is 0.312. The zero-order valence-corrected chi connectivity index (χ0v) is 12.8. The molecule has 6 heteroatoms. The molecule has 0 fully saturated rings. The molecular weight excluding hydrogens is 287 g/mol. The molecule has 0 spiro atoms. The van der Waals surface area contributed by atoms with Crippen LogP contribution in [-0.4, -0.2) is 11.7 Å². The maximum absolute atomic E-state index is 13.8. The summed E-state index contributed by atoms with van der Waals surface area (Å²) in [6, 6.07) is 6.06. The van der Waals surface area contributed by atoms with Crippen LogP contribution in [0.5, 0.6) is 0 Å². The summed E-state index contributed by atoms with van der Waals surface area (Å²) >= 11 is 0. The Labute approximate surface area is 128 Å². The lowest BCUT2D eigenvalue weighted by molar-refractivity contribution is 0.0636. The summed E-state index contributed by atoms with van der Waals surface area (Å²) in [5, 5.41) is 5.52. The molecule has 1 heterocycles. The first kappa shape index (κ1) is 15.9. The van der Waals surface area contributed by atoms with Gasteiger partial charge < -0.3 is 14.5 Å². The summed E-state index contributed by atoms with van der Waals surface area (Å²) in [7, 11) is 0. The first-order valence-corrected chi connectivity index (χ1v) is 6.88. The van der Waals surface area contributed by atoms with Gasteiger partial charge in [0.05, 0.1) is 18.2 Å². The molecule has 2 N–H and O–H groups in total. The maximum atomic E-state index is 13.8. The quantitative estimate of drug-likeness (QED) is 0.880. The molecule has 0 atom stereocenters. The molecule has 1 aromatic heterocycles. The molecular formula is C16H19FN2O3. The number of benzene rings is 1. The fourth-order valence-electron chi connectivity index (χ4n) is 1.75. The zero-order chi connectivity index (χ0) is 16.2. The SMILES string of the molecule is CC(C)(C)OC(=O)Nc1ccc(F)c(NCc2ccoc2)c1. The molecule has 5 nitrogen and oxygen atoms in total. The van der Waals surface area contributed by atoms with Crippen molar-refractivity contribution >= 4 is 17.5 Å². The first-order chi connectivity index (χ1) is 10.3. The zero-order valence-electron chi connectivity index (χ0n) is 12.8. The van der Waals surface area contributed by atoms with E-state index in [1.807, 2.05) is 0 Å². The van der Waals surface area contributed by atoms with E-state index in [2.05, 4.69) is 10.6 Å². The van der Waals surface area contributed by atoms with E-state index in [4.69, 9.17) is 9.15 Å². The number of halogens is 1. The Morgan fingerprint density at radius 1 is 1.32 bits per heavy atom. The Morgan fingerprint density at radius 2 is 2.09 bits per heavy atom. The normalized spacial score (nSPS) is 11.1. The first-order valence-electron chi connectivity index (χ1n) is 6.88. The number of furan rings is 1. The number of hydrogen-bond acceptors (Lipinski definition) is 4. The van der Waals surface area contributed by atoms with Crippen molar-refractivity contribution < 1.29 is 18.3 Å². The van der Waals surface area contributed by atoms with Gasteiger partial charge in [0.15, 0.2) is 0 Å². The maximum Gasteiger partial charge on any atom is 0.412 e. The van der Waals surface area contributed by atoms with E-state index in [-0.39, 0.29) is 5.69 Å². The molecule has 2 rings (SSSR count). The topological polar surface area (TPSA) is 63.5 Å². The summed E-state index contributed by atoms with van der Waals surface area (Å²) in [6.07, 6.45) is 2.54. The van der Waals surface area contributed by atoms with Crippen LogP contribution in [0.25, 0.3) is 0 Å².